The van der Waals surface area contributed by atoms with Gasteiger partial charge >= 0.3 is 0 Å². The molecule has 0 radical (unpaired) electrons. The smallest absolute Gasteiger partial charge is 0.151 e. The number of thiophene rings is 1. The zero-order valence-corrected chi connectivity index (χ0v) is 9.93. The Labute approximate surface area is 98.3 Å². The summed E-state index contributed by atoms with van der Waals surface area (Å²) in [5, 5.41) is 9.71. The van der Waals surface area contributed by atoms with Crippen molar-refractivity contribution in [1.82, 2.24) is 0 Å². The van der Waals surface area contributed by atoms with Crippen molar-refractivity contribution in [3.05, 3.63) is 32.2 Å². The second-order valence-electron chi connectivity index (χ2n) is 2.75. The van der Waals surface area contributed by atoms with E-state index in [1.165, 1.54) is 11.3 Å². The molecular formula is C10H4INOS. The summed E-state index contributed by atoms with van der Waals surface area (Å²) in [6, 6.07) is 7.70. The minimum Gasteiger partial charge on any atom is -0.298 e. The molecule has 4 heteroatoms. The molecule has 2 rings (SSSR count). The minimum absolute atomic E-state index is 0.644. The third-order valence-corrected chi connectivity index (χ3v) is 3.57. The molecule has 2 nitrogen and oxygen atoms in total. The number of hydrogen-bond donors (Lipinski definition) is 0. The van der Waals surface area contributed by atoms with Crippen LogP contribution < -0.4 is 0 Å². The fraction of sp³-hybridized carbons (Fsp3) is 0. The lowest BCUT2D eigenvalue weighted by Gasteiger charge is -1.95. The Bertz CT molecular complexity index is 553. The van der Waals surface area contributed by atoms with Gasteiger partial charge in [0.05, 0.1) is 0 Å². The lowest BCUT2D eigenvalue weighted by molar-refractivity contribution is 0.112. The Morgan fingerprint density at radius 3 is 2.86 bits per heavy atom. The first-order valence-corrected chi connectivity index (χ1v) is 5.72. The number of hydrogen-bond acceptors (Lipinski definition) is 3. The maximum atomic E-state index is 10.8. The van der Waals surface area contributed by atoms with E-state index in [1.54, 1.807) is 0 Å². The van der Waals surface area contributed by atoms with E-state index in [0.29, 0.717) is 10.4 Å². The summed E-state index contributed by atoms with van der Waals surface area (Å²) in [7, 11) is 0. The molecule has 0 bridgehead atoms. The van der Waals surface area contributed by atoms with Crippen LogP contribution in [0.15, 0.2) is 18.2 Å². The van der Waals surface area contributed by atoms with Crippen LogP contribution in [0.2, 0.25) is 0 Å². The number of rotatable bonds is 1. The molecule has 0 N–H and O–H groups in total. The molecule has 1 aromatic carbocycles. The Hall–Kier alpha value is -0.930. The molecular weight excluding hydrogens is 309 g/mol. The minimum atomic E-state index is 0.644. The summed E-state index contributed by atoms with van der Waals surface area (Å²) in [6.45, 7) is 0. The fourth-order valence-electron chi connectivity index (χ4n) is 1.28. The molecule has 0 saturated heterocycles. The number of nitrogens with zero attached hydrogens (tertiary/aromatic N) is 1. The van der Waals surface area contributed by atoms with Gasteiger partial charge in [-0.15, -0.1) is 11.3 Å². The third kappa shape index (κ3) is 1.53. The summed E-state index contributed by atoms with van der Waals surface area (Å²) in [4.78, 5) is 11.4. The fourth-order valence-corrected chi connectivity index (χ4v) is 2.87. The molecule has 0 amide bonds. The van der Waals surface area contributed by atoms with Crippen LogP contribution in [-0.4, -0.2) is 6.29 Å². The van der Waals surface area contributed by atoms with E-state index in [4.69, 9.17) is 5.26 Å². The molecule has 68 valence electrons. The highest BCUT2D eigenvalue weighted by Crippen LogP contribution is 2.29. The van der Waals surface area contributed by atoms with Gasteiger partial charge in [0.1, 0.15) is 10.9 Å². The maximum absolute atomic E-state index is 10.8. The number of carbonyl (C=O) groups is 1. The quantitative estimate of drug-likeness (QED) is 0.599. The Morgan fingerprint density at radius 1 is 1.43 bits per heavy atom. The molecule has 1 heterocycles. The van der Waals surface area contributed by atoms with Crippen LogP contribution in [-0.2, 0) is 0 Å². The third-order valence-electron chi connectivity index (χ3n) is 1.85. The molecule has 14 heavy (non-hydrogen) atoms. The predicted octanol–water partition coefficient (Wildman–Crippen LogP) is 3.19. The number of benzene rings is 1. The van der Waals surface area contributed by atoms with E-state index in [-0.39, 0.29) is 0 Å². The number of fused-ring (bicyclic) bond motifs is 1. The van der Waals surface area contributed by atoms with Crippen LogP contribution in [0.3, 0.4) is 0 Å². The highest BCUT2D eigenvalue weighted by molar-refractivity contribution is 14.1. The number of carbonyl (C=O) groups excluding carboxylic acids is 1. The molecule has 0 saturated carbocycles. The van der Waals surface area contributed by atoms with Crippen LogP contribution in [0.4, 0.5) is 0 Å². The van der Waals surface area contributed by atoms with Crippen molar-refractivity contribution in [3.8, 4) is 6.07 Å². The van der Waals surface area contributed by atoms with Gasteiger partial charge in [0.15, 0.2) is 6.29 Å². The van der Waals surface area contributed by atoms with Gasteiger partial charge in [-0.1, -0.05) is 0 Å². The highest BCUT2D eigenvalue weighted by atomic mass is 127. The average molecular weight is 313 g/mol. The van der Waals surface area contributed by atoms with Gasteiger partial charge < -0.3 is 0 Å². The summed E-state index contributed by atoms with van der Waals surface area (Å²) in [5.74, 6) is 0. The van der Waals surface area contributed by atoms with Crippen LogP contribution in [0, 0.1) is 14.9 Å². The normalized spacial score (nSPS) is 10.0. The lowest BCUT2D eigenvalue weighted by atomic mass is 10.2. The summed E-state index contributed by atoms with van der Waals surface area (Å²) in [6.07, 6.45) is 0.835. The SMILES string of the molecule is N#Cc1cc2cc(I)cc(C=O)c2s1. The van der Waals surface area contributed by atoms with Crippen molar-refractivity contribution in [2.75, 3.05) is 0 Å². The molecule has 0 spiro atoms. The number of aldehydes is 1. The van der Waals surface area contributed by atoms with Gasteiger partial charge in [-0.25, -0.2) is 0 Å². The zero-order chi connectivity index (χ0) is 10.1. The largest absolute Gasteiger partial charge is 0.298 e. The van der Waals surface area contributed by atoms with E-state index in [9.17, 15) is 4.79 Å². The van der Waals surface area contributed by atoms with Crippen LogP contribution in [0.1, 0.15) is 15.2 Å². The topological polar surface area (TPSA) is 40.9 Å². The molecule has 0 aliphatic heterocycles. The van der Waals surface area contributed by atoms with Crippen molar-refractivity contribution in [3.63, 3.8) is 0 Å². The van der Waals surface area contributed by atoms with Crippen molar-refractivity contribution >= 4 is 50.3 Å². The highest BCUT2D eigenvalue weighted by Gasteiger charge is 2.06. The predicted molar refractivity (Wildman–Crippen MR) is 64.6 cm³/mol. The van der Waals surface area contributed by atoms with Crippen molar-refractivity contribution in [2.45, 2.75) is 0 Å². The van der Waals surface area contributed by atoms with Gasteiger partial charge in [0.2, 0.25) is 0 Å². The molecule has 0 aliphatic rings. The summed E-state index contributed by atoms with van der Waals surface area (Å²) >= 11 is 3.52. The number of nitriles is 1. The van der Waals surface area contributed by atoms with Gasteiger partial charge in [0.25, 0.3) is 0 Å². The van der Waals surface area contributed by atoms with Crippen LogP contribution >= 0.6 is 33.9 Å². The van der Waals surface area contributed by atoms with Crippen molar-refractivity contribution < 1.29 is 4.79 Å². The Kier molecular flexibility index (Phi) is 2.52. The van der Waals surface area contributed by atoms with Crippen molar-refractivity contribution in [1.29, 1.82) is 5.26 Å². The Morgan fingerprint density at radius 2 is 2.21 bits per heavy atom. The van der Waals surface area contributed by atoms with E-state index in [0.717, 1.165) is 19.9 Å². The lowest BCUT2D eigenvalue weighted by Crippen LogP contribution is -1.80. The van der Waals surface area contributed by atoms with Gasteiger partial charge in [-0.05, 0) is 46.2 Å². The monoisotopic (exact) mass is 313 g/mol. The van der Waals surface area contributed by atoms with Crippen molar-refractivity contribution in [2.24, 2.45) is 0 Å². The van der Waals surface area contributed by atoms with Gasteiger partial charge in [-0.2, -0.15) is 5.26 Å². The van der Waals surface area contributed by atoms with Crippen LogP contribution in [0.25, 0.3) is 10.1 Å². The maximum Gasteiger partial charge on any atom is 0.151 e. The summed E-state index contributed by atoms with van der Waals surface area (Å²) < 4.78 is 1.91. The molecule has 0 unspecified atom stereocenters. The molecule has 0 atom stereocenters. The second kappa shape index (κ2) is 3.67. The molecule has 1 aromatic heterocycles. The first-order valence-electron chi connectivity index (χ1n) is 3.83. The van der Waals surface area contributed by atoms with E-state index in [1.807, 2.05) is 18.2 Å². The van der Waals surface area contributed by atoms with Crippen LogP contribution in [0.5, 0.6) is 0 Å². The van der Waals surface area contributed by atoms with Gasteiger partial charge in [0, 0.05) is 13.8 Å². The first-order chi connectivity index (χ1) is 6.74. The second-order valence-corrected chi connectivity index (χ2v) is 5.05. The Balaban J connectivity index is 2.86. The summed E-state index contributed by atoms with van der Waals surface area (Å²) in [5.41, 5.74) is 0.665. The van der Waals surface area contributed by atoms with E-state index in [2.05, 4.69) is 28.7 Å². The molecule has 0 fully saturated rings. The molecule has 0 aliphatic carbocycles. The zero-order valence-electron chi connectivity index (χ0n) is 6.95. The van der Waals surface area contributed by atoms with Gasteiger partial charge in [-0.3, -0.25) is 4.79 Å². The standard InChI is InChI=1S/C10H4INOS/c11-8-1-6-3-9(4-12)14-10(6)7(2-8)5-13/h1-3,5H. The number of halogens is 1. The van der Waals surface area contributed by atoms with E-state index < -0.39 is 0 Å². The average Bonchev–Trinajstić information content (AvgIpc) is 2.59. The molecule has 2 aromatic rings. The first kappa shape index (κ1) is 9.62. The van der Waals surface area contributed by atoms with E-state index >= 15 is 0 Å².